The molecule has 2 atom stereocenters. The van der Waals surface area contributed by atoms with Crippen LogP contribution in [0.25, 0.3) is 0 Å². The van der Waals surface area contributed by atoms with E-state index in [1.54, 1.807) is 45.0 Å². The number of carbonyl (C=O) groups is 2. The standard InChI is InChI=1S/C17H25NO5/c1-11(19)12-5-7-13(8-6-12)15(21)14(20)9-10-18-16(22)23-17(2,3)4/h5-8,14-15,20-21H,9-10H2,1-4H3,(H,18,22). The highest BCUT2D eigenvalue weighted by molar-refractivity contribution is 5.94. The molecule has 0 aromatic heterocycles. The zero-order valence-electron chi connectivity index (χ0n) is 14.0. The summed E-state index contributed by atoms with van der Waals surface area (Å²) in [6.45, 7) is 6.92. The van der Waals surface area contributed by atoms with Crippen LogP contribution in [0, 0.1) is 0 Å². The number of aliphatic hydroxyl groups is 2. The van der Waals surface area contributed by atoms with Gasteiger partial charge in [0.25, 0.3) is 0 Å². The Morgan fingerprint density at radius 1 is 1.17 bits per heavy atom. The predicted octanol–water partition coefficient (Wildman–Crippen LogP) is 2.20. The van der Waals surface area contributed by atoms with E-state index in [9.17, 15) is 19.8 Å². The lowest BCUT2D eigenvalue weighted by Gasteiger charge is -2.21. The molecule has 0 saturated heterocycles. The van der Waals surface area contributed by atoms with E-state index in [-0.39, 0.29) is 18.7 Å². The second kappa shape index (κ2) is 8.08. The normalized spacial score (nSPS) is 14.0. The molecule has 2 unspecified atom stereocenters. The van der Waals surface area contributed by atoms with Gasteiger partial charge in [0, 0.05) is 12.1 Å². The van der Waals surface area contributed by atoms with E-state index in [2.05, 4.69) is 5.32 Å². The molecule has 0 aliphatic carbocycles. The van der Waals surface area contributed by atoms with Crippen molar-refractivity contribution < 1.29 is 24.5 Å². The zero-order valence-corrected chi connectivity index (χ0v) is 14.0. The molecule has 1 aromatic carbocycles. The van der Waals surface area contributed by atoms with Crippen molar-refractivity contribution in [2.45, 2.75) is 51.9 Å². The molecule has 0 aliphatic rings. The zero-order chi connectivity index (χ0) is 17.6. The molecule has 3 N–H and O–H groups in total. The molecule has 0 fully saturated rings. The van der Waals surface area contributed by atoms with Crippen molar-refractivity contribution in [2.24, 2.45) is 0 Å². The summed E-state index contributed by atoms with van der Waals surface area (Å²) in [6, 6.07) is 6.41. The van der Waals surface area contributed by atoms with Gasteiger partial charge in [0.15, 0.2) is 5.78 Å². The van der Waals surface area contributed by atoms with E-state index < -0.39 is 23.9 Å². The van der Waals surface area contributed by atoms with Gasteiger partial charge in [-0.25, -0.2) is 4.79 Å². The van der Waals surface area contributed by atoms with Gasteiger partial charge in [0.05, 0.1) is 6.10 Å². The van der Waals surface area contributed by atoms with Crippen molar-refractivity contribution in [1.29, 1.82) is 0 Å². The number of nitrogens with one attached hydrogen (secondary N) is 1. The Hall–Kier alpha value is -1.92. The summed E-state index contributed by atoms with van der Waals surface area (Å²) in [7, 11) is 0. The van der Waals surface area contributed by atoms with E-state index in [4.69, 9.17) is 4.74 Å². The van der Waals surface area contributed by atoms with E-state index in [0.717, 1.165) is 0 Å². The average Bonchev–Trinajstić information content (AvgIpc) is 2.44. The second-order valence-corrected chi connectivity index (χ2v) is 6.41. The lowest BCUT2D eigenvalue weighted by molar-refractivity contribution is 0.0123. The molecule has 0 spiro atoms. The maximum Gasteiger partial charge on any atom is 0.407 e. The molecule has 0 bridgehead atoms. The number of amides is 1. The van der Waals surface area contributed by atoms with Gasteiger partial charge in [0.1, 0.15) is 11.7 Å². The van der Waals surface area contributed by atoms with Crippen LogP contribution in [0.4, 0.5) is 4.79 Å². The van der Waals surface area contributed by atoms with Crippen molar-refractivity contribution >= 4 is 11.9 Å². The first-order valence-electron chi connectivity index (χ1n) is 7.54. The van der Waals surface area contributed by atoms with E-state index >= 15 is 0 Å². The molecular formula is C17H25NO5. The smallest absolute Gasteiger partial charge is 0.407 e. The monoisotopic (exact) mass is 323 g/mol. The number of aliphatic hydroxyl groups excluding tert-OH is 2. The third-order valence-corrected chi connectivity index (χ3v) is 3.13. The number of carbonyl (C=O) groups excluding carboxylic acids is 2. The number of hydrogen-bond acceptors (Lipinski definition) is 5. The minimum Gasteiger partial charge on any atom is -0.444 e. The third kappa shape index (κ3) is 6.80. The quantitative estimate of drug-likeness (QED) is 0.698. The van der Waals surface area contributed by atoms with Crippen LogP contribution in [0.1, 0.15) is 56.1 Å². The number of Topliss-reactive ketones (excluding diaryl/α,β-unsaturated/α-hetero) is 1. The summed E-state index contributed by atoms with van der Waals surface area (Å²) in [5.41, 5.74) is 0.475. The maximum absolute atomic E-state index is 11.5. The molecule has 0 heterocycles. The molecule has 1 rings (SSSR count). The molecule has 1 aromatic rings. The molecule has 6 nitrogen and oxygen atoms in total. The Morgan fingerprint density at radius 2 is 1.74 bits per heavy atom. The topological polar surface area (TPSA) is 95.9 Å². The van der Waals surface area contributed by atoms with Gasteiger partial charge in [-0.05, 0) is 39.7 Å². The SMILES string of the molecule is CC(=O)c1ccc(C(O)C(O)CCNC(=O)OC(C)(C)C)cc1. The average molecular weight is 323 g/mol. The Labute approximate surface area is 136 Å². The Kier molecular flexibility index (Phi) is 6.72. The molecule has 128 valence electrons. The molecule has 1 amide bonds. The summed E-state index contributed by atoms with van der Waals surface area (Å²) in [5.74, 6) is -0.0619. The minimum atomic E-state index is -1.09. The summed E-state index contributed by atoms with van der Waals surface area (Å²) in [6.07, 6.45) is -2.51. The highest BCUT2D eigenvalue weighted by Crippen LogP contribution is 2.19. The molecular weight excluding hydrogens is 298 g/mol. The first-order chi connectivity index (χ1) is 10.6. The van der Waals surface area contributed by atoms with Crippen LogP contribution in [0.2, 0.25) is 0 Å². The Bertz CT molecular complexity index is 533. The van der Waals surface area contributed by atoms with E-state index in [0.29, 0.717) is 11.1 Å². The predicted molar refractivity (Wildman–Crippen MR) is 86.3 cm³/mol. The van der Waals surface area contributed by atoms with Crippen LogP contribution in [0.15, 0.2) is 24.3 Å². The van der Waals surface area contributed by atoms with Crippen molar-refractivity contribution in [3.05, 3.63) is 35.4 Å². The van der Waals surface area contributed by atoms with Crippen LogP contribution >= 0.6 is 0 Å². The van der Waals surface area contributed by atoms with Gasteiger partial charge in [-0.2, -0.15) is 0 Å². The second-order valence-electron chi connectivity index (χ2n) is 6.41. The van der Waals surface area contributed by atoms with Crippen LogP contribution < -0.4 is 5.32 Å². The summed E-state index contributed by atoms with van der Waals surface area (Å²) in [4.78, 5) is 22.7. The molecule has 23 heavy (non-hydrogen) atoms. The highest BCUT2D eigenvalue weighted by atomic mass is 16.6. The van der Waals surface area contributed by atoms with Gasteiger partial charge in [-0.15, -0.1) is 0 Å². The molecule has 0 aliphatic heterocycles. The van der Waals surface area contributed by atoms with Crippen molar-refractivity contribution in [3.63, 3.8) is 0 Å². The molecule has 6 heteroatoms. The van der Waals surface area contributed by atoms with E-state index in [1.807, 2.05) is 0 Å². The van der Waals surface area contributed by atoms with Gasteiger partial charge in [0.2, 0.25) is 0 Å². The van der Waals surface area contributed by atoms with Crippen LogP contribution in [0.5, 0.6) is 0 Å². The van der Waals surface area contributed by atoms with Gasteiger partial charge >= 0.3 is 6.09 Å². The third-order valence-electron chi connectivity index (χ3n) is 3.13. The largest absolute Gasteiger partial charge is 0.444 e. The summed E-state index contributed by atoms with van der Waals surface area (Å²) < 4.78 is 5.07. The highest BCUT2D eigenvalue weighted by Gasteiger charge is 2.20. The summed E-state index contributed by atoms with van der Waals surface area (Å²) in [5, 5.41) is 22.6. The van der Waals surface area contributed by atoms with Gasteiger partial charge < -0.3 is 20.3 Å². The Morgan fingerprint density at radius 3 is 2.22 bits per heavy atom. The van der Waals surface area contributed by atoms with Crippen molar-refractivity contribution in [2.75, 3.05) is 6.54 Å². The van der Waals surface area contributed by atoms with Crippen LogP contribution in [-0.2, 0) is 4.74 Å². The lowest BCUT2D eigenvalue weighted by Crippen LogP contribution is -2.34. The number of hydrogen-bond donors (Lipinski definition) is 3. The number of benzene rings is 1. The lowest BCUT2D eigenvalue weighted by atomic mass is 10.00. The number of alkyl carbamates (subject to hydrolysis) is 1. The number of rotatable bonds is 6. The fraction of sp³-hybridized carbons (Fsp3) is 0.529. The van der Waals surface area contributed by atoms with Gasteiger partial charge in [-0.1, -0.05) is 24.3 Å². The van der Waals surface area contributed by atoms with E-state index in [1.165, 1.54) is 6.92 Å². The van der Waals surface area contributed by atoms with Crippen molar-refractivity contribution in [1.82, 2.24) is 5.32 Å². The fourth-order valence-corrected chi connectivity index (χ4v) is 1.93. The Balaban J connectivity index is 2.46. The number of ketones is 1. The maximum atomic E-state index is 11.5. The van der Waals surface area contributed by atoms with Gasteiger partial charge in [-0.3, -0.25) is 4.79 Å². The number of ether oxygens (including phenoxy) is 1. The minimum absolute atomic E-state index is 0.0619. The first kappa shape index (κ1) is 19.1. The fourth-order valence-electron chi connectivity index (χ4n) is 1.93. The van der Waals surface area contributed by atoms with Crippen molar-refractivity contribution in [3.8, 4) is 0 Å². The molecule has 0 saturated carbocycles. The first-order valence-corrected chi connectivity index (χ1v) is 7.54. The van der Waals surface area contributed by atoms with Crippen LogP contribution in [0.3, 0.4) is 0 Å². The van der Waals surface area contributed by atoms with Crippen LogP contribution in [-0.4, -0.2) is 40.3 Å². The molecule has 0 radical (unpaired) electrons. The summed E-state index contributed by atoms with van der Waals surface area (Å²) >= 11 is 0.